The fourth-order valence-electron chi connectivity index (χ4n) is 2.82. The van der Waals surface area contributed by atoms with Crippen molar-refractivity contribution in [2.45, 2.75) is 40.3 Å². The molecule has 2 aliphatic rings. The molecular formula is C19H19ClN4O4S2. The topological polar surface area (TPSA) is 116 Å². The van der Waals surface area contributed by atoms with Crippen LogP contribution in [0.4, 0.5) is 11.4 Å². The number of thioether (sulfide) groups is 1. The minimum Gasteiger partial charge on any atom is -0.324 e. The molecule has 1 aliphatic heterocycles. The Kier molecular flexibility index (Phi) is 5.92. The summed E-state index contributed by atoms with van der Waals surface area (Å²) >= 11 is 7.24. The molecule has 0 spiro atoms. The van der Waals surface area contributed by atoms with E-state index in [1.165, 1.54) is 23.9 Å². The van der Waals surface area contributed by atoms with E-state index in [1.807, 2.05) is 0 Å². The van der Waals surface area contributed by atoms with Gasteiger partial charge < -0.3 is 5.32 Å². The second kappa shape index (κ2) is 8.46. The predicted octanol–water partition coefficient (Wildman–Crippen LogP) is 2.73. The van der Waals surface area contributed by atoms with Crippen LogP contribution in [0.15, 0.2) is 52.3 Å². The van der Waals surface area contributed by atoms with Gasteiger partial charge in [-0.15, -0.1) is 11.8 Å². The molecule has 0 bridgehead atoms. The first-order valence-corrected chi connectivity index (χ1v) is 12.0. The summed E-state index contributed by atoms with van der Waals surface area (Å²) in [6.07, 6.45) is 1.70. The highest BCUT2D eigenvalue weighted by atomic mass is 35.5. The molecule has 1 unspecified atom stereocenters. The number of nitrogens with one attached hydrogen (secondary N) is 4. The number of benzene rings is 2. The normalized spacial score (nSPS) is 18.3. The summed E-state index contributed by atoms with van der Waals surface area (Å²) in [5, 5.41) is 2.72. The van der Waals surface area contributed by atoms with E-state index in [0.717, 1.165) is 17.7 Å². The molecule has 1 aliphatic carbocycles. The number of sulfonamides is 1. The van der Waals surface area contributed by atoms with Crippen molar-refractivity contribution in [3.8, 4) is 0 Å². The number of hydrazine groups is 1. The van der Waals surface area contributed by atoms with Gasteiger partial charge in [0, 0.05) is 22.4 Å². The number of anilines is 2. The first kappa shape index (κ1) is 21.0. The van der Waals surface area contributed by atoms with Crippen molar-refractivity contribution in [3.05, 3.63) is 47.5 Å². The van der Waals surface area contributed by atoms with Crippen molar-refractivity contribution in [3.63, 3.8) is 0 Å². The van der Waals surface area contributed by atoms with Crippen LogP contribution >= 0.6 is 23.4 Å². The lowest BCUT2D eigenvalue weighted by atomic mass is 10.2. The van der Waals surface area contributed by atoms with Crippen LogP contribution in [0.5, 0.6) is 0 Å². The van der Waals surface area contributed by atoms with Gasteiger partial charge in [-0.3, -0.25) is 20.4 Å². The zero-order chi connectivity index (χ0) is 21.3. The Hall–Kier alpha value is -2.27. The van der Waals surface area contributed by atoms with Gasteiger partial charge in [0.25, 0.3) is 0 Å². The molecule has 1 fully saturated rings. The second-order valence-corrected chi connectivity index (χ2v) is 10.4. The van der Waals surface area contributed by atoms with Gasteiger partial charge >= 0.3 is 0 Å². The summed E-state index contributed by atoms with van der Waals surface area (Å²) in [6.45, 7) is 0. The maximum atomic E-state index is 12.3. The third-order valence-electron chi connectivity index (χ3n) is 4.54. The van der Waals surface area contributed by atoms with Gasteiger partial charge in [-0.05, 0) is 55.3 Å². The standard InChI is InChI=1S/C19H19ClN4O4S2/c20-11-1-8-16-15(9-11)21-19(26)17(29-16)10-18(25)23-22-12-4-6-14(7-5-12)30(27,28)24-13-2-3-13/h1,4-9,13,17,22,24H,2-3,10H2,(H,21,26)(H,23,25). The molecule has 2 aromatic carbocycles. The maximum absolute atomic E-state index is 12.3. The number of hydrogen-bond donors (Lipinski definition) is 4. The molecule has 4 rings (SSSR count). The van der Waals surface area contributed by atoms with Crippen LogP contribution in [-0.4, -0.2) is 31.5 Å². The number of halogens is 1. The van der Waals surface area contributed by atoms with Crippen molar-refractivity contribution in [1.82, 2.24) is 10.1 Å². The highest BCUT2D eigenvalue weighted by Crippen LogP contribution is 2.38. The fourth-order valence-corrected chi connectivity index (χ4v) is 5.39. The average Bonchev–Trinajstić information content (AvgIpc) is 3.51. The summed E-state index contributed by atoms with van der Waals surface area (Å²) in [6, 6.07) is 11.3. The van der Waals surface area contributed by atoms with Crippen LogP contribution < -0.4 is 20.9 Å². The monoisotopic (exact) mass is 466 g/mol. The number of fused-ring (bicyclic) bond motifs is 1. The van der Waals surface area contributed by atoms with Gasteiger partial charge in [0.05, 0.1) is 21.5 Å². The van der Waals surface area contributed by atoms with Gasteiger partial charge in [-0.1, -0.05) is 11.6 Å². The van der Waals surface area contributed by atoms with Gasteiger partial charge in [0.2, 0.25) is 21.8 Å². The summed E-state index contributed by atoms with van der Waals surface area (Å²) in [7, 11) is -3.52. The Morgan fingerprint density at radius 1 is 1.17 bits per heavy atom. The van der Waals surface area contributed by atoms with Gasteiger partial charge in [0.1, 0.15) is 0 Å². The van der Waals surface area contributed by atoms with E-state index in [2.05, 4.69) is 20.9 Å². The van der Waals surface area contributed by atoms with Crippen LogP contribution in [0.25, 0.3) is 0 Å². The lowest BCUT2D eigenvalue weighted by Gasteiger charge is -2.23. The molecular weight excluding hydrogens is 448 g/mol. The SMILES string of the molecule is O=C(CC1Sc2ccc(Cl)cc2NC1=O)NNc1ccc(S(=O)(=O)NC2CC2)cc1. The molecule has 8 nitrogen and oxygen atoms in total. The van der Waals surface area contributed by atoms with Crippen molar-refractivity contribution in [1.29, 1.82) is 0 Å². The van der Waals surface area contributed by atoms with E-state index < -0.39 is 15.3 Å². The van der Waals surface area contributed by atoms with E-state index in [9.17, 15) is 18.0 Å². The molecule has 0 saturated heterocycles. The number of rotatable bonds is 7. The Morgan fingerprint density at radius 3 is 2.60 bits per heavy atom. The minimum atomic E-state index is -3.52. The molecule has 1 atom stereocenters. The van der Waals surface area contributed by atoms with Crippen molar-refractivity contribution < 1.29 is 18.0 Å². The summed E-state index contributed by atoms with van der Waals surface area (Å²) < 4.78 is 26.9. The molecule has 2 aromatic rings. The zero-order valence-electron chi connectivity index (χ0n) is 15.6. The van der Waals surface area contributed by atoms with Crippen LogP contribution in [-0.2, 0) is 19.6 Å². The van der Waals surface area contributed by atoms with Gasteiger partial charge in [0.15, 0.2) is 0 Å². The van der Waals surface area contributed by atoms with Crippen LogP contribution in [0, 0.1) is 0 Å². The van der Waals surface area contributed by atoms with Crippen molar-refractivity contribution in [2.24, 2.45) is 0 Å². The molecule has 0 radical (unpaired) electrons. The molecule has 11 heteroatoms. The predicted molar refractivity (Wildman–Crippen MR) is 116 cm³/mol. The number of carbonyl (C=O) groups is 2. The molecule has 4 N–H and O–H groups in total. The highest BCUT2D eigenvalue weighted by molar-refractivity contribution is 8.01. The Labute approximate surface area is 183 Å². The lowest BCUT2D eigenvalue weighted by Crippen LogP contribution is -2.37. The average molecular weight is 467 g/mol. The summed E-state index contributed by atoms with van der Waals surface area (Å²) in [4.78, 5) is 25.5. The molecule has 1 saturated carbocycles. The lowest BCUT2D eigenvalue weighted by molar-refractivity contribution is -0.123. The van der Waals surface area contributed by atoms with E-state index >= 15 is 0 Å². The van der Waals surface area contributed by atoms with Gasteiger partial charge in [-0.25, -0.2) is 13.1 Å². The third-order valence-corrected chi connectivity index (χ3v) is 7.59. The van der Waals surface area contributed by atoms with E-state index in [-0.39, 0.29) is 29.2 Å². The van der Waals surface area contributed by atoms with Crippen LogP contribution in [0.1, 0.15) is 19.3 Å². The molecule has 158 valence electrons. The van der Waals surface area contributed by atoms with E-state index in [0.29, 0.717) is 16.4 Å². The largest absolute Gasteiger partial charge is 0.324 e. The van der Waals surface area contributed by atoms with Crippen molar-refractivity contribution >= 4 is 56.6 Å². The van der Waals surface area contributed by atoms with E-state index in [4.69, 9.17) is 11.6 Å². The van der Waals surface area contributed by atoms with E-state index in [1.54, 1.807) is 30.3 Å². The smallest absolute Gasteiger partial charge is 0.240 e. The highest BCUT2D eigenvalue weighted by Gasteiger charge is 2.29. The Balaban J connectivity index is 1.30. The number of carbonyl (C=O) groups excluding carboxylic acids is 2. The number of hydrogen-bond acceptors (Lipinski definition) is 6. The first-order chi connectivity index (χ1) is 14.3. The first-order valence-electron chi connectivity index (χ1n) is 9.24. The van der Waals surface area contributed by atoms with Gasteiger partial charge in [-0.2, -0.15) is 0 Å². The van der Waals surface area contributed by atoms with Crippen LogP contribution in [0.2, 0.25) is 5.02 Å². The fraction of sp³-hybridized carbons (Fsp3) is 0.263. The Morgan fingerprint density at radius 2 is 1.90 bits per heavy atom. The quantitative estimate of drug-likeness (QED) is 0.466. The molecule has 2 amide bonds. The summed E-state index contributed by atoms with van der Waals surface area (Å²) in [5.74, 6) is -0.630. The molecule has 0 aromatic heterocycles. The third kappa shape index (κ3) is 5.07. The molecule has 30 heavy (non-hydrogen) atoms. The second-order valence-electron chi connectivity index (χ2n) is 7.03. The minimum absolute atomic E-state index is 0.0245. The maximum Gasteiger partial charge on any atom is 0.240 e. The Bertz CT molecular complexity index is 1090. The van der Waals surface area contributed by atoms with Crippen molar-refractivity contribution in [2.75, 3.05) is 10.7 Å². The summed E-state index contributed by atoms with van der Waals surface area (Å²) in [5.41, 5.74) is 6.43. The zero-order valence-corrected chi connectivity index (χ0v) is 18.0. The van der Waals surface area contributed by atoms with Crippen LogP contribution in [0.3, 0.4) is 0 Å². The number of amides is 2. The molecule has 1 heterocycles.